The second kappa shape index (κ2) is 8.38. The molecule has 2 saturated heterocycles. The zero-order valence-electron chi connectivity index (χ0n) is 17.1. The van der Waals surface area contributed by atoms with Crippen LogP contribution in [-0.2, 0) is 11.2 Å². The van der Waals surface area contributed by atoms with E-state index in [1.807, 2.05) is 35.4 Å². The van der Waals surface area contributed by atoms with Crippen LogP contribution in [-0.4, -0.2) is 66.8 Å². The normalized spacial score (nSPS) is 18.6. The number of carbonyl (C=O) groups is 1. The van der Waals surface area contributed by atoms with E-state index in [9.17, 15) is 4.79 Å². The maximum atomic E-state index is 12.8. The van der Waals surface area contributed by atoms with E-state index >= 15 is 0 Å². The summed E-state index contributed by atoms with van der Waals surface area (Å²) in [6.07, 6.45) is 5.93. The summed E-state index contributed by atoms with van der Waals surface area (Å²) in [7, 11) is 0. The first-order chi connectivity index (χ1) is 14.8. The van der Waals surface area contributed by atoms with Crippen molar-refractivity contribution in [3.05, 3.63) is 36.0 Å². The molecule has 2 aromatic rings. The SMILES string of the molecule is O=C(Cc1ccc2c(c1)OCO2)N1CCN(c2ccnc(N3CCCCC3)n2)CC1. The van der Waals surface area contributed by atoms with Gasteiger partial charge in [0.2, 0.25) is 18.6 Å². The Balaban J connectivity index is 1.17. The van der Waals surface area contributed by atoms with Gasteiger partial charge in [0.1, 0.15) is 5.82 Å². The fourth-order valence-electron chi connectivity index (χ4n) is 4.28. The molecule has 0 N–H and O–H groups in total. The summed E-state index contributed by atoms with van der Waals surface area (Å²) in [4.78, 5) is 28.5. The van der Waals surface area contributed by atoms with Crippen molar-refractivity contribution in [1.29, 1.82) is 0 Å². The van der Waals surface area contributed by atoms with Crippen LogP contribution in [0.5, 0.6) is 11.5 Å². The van der Waals surface area contributed by atoms with Crippen molar-refractivity contribution in [3.63, 3.8) is 0 Å². The van der Waals surface area contributed by atoms with Gasteiger partial charge in [0.15, 0.2) is 11.5 Å². The first kappa shape index (κ1) is 19.0. The maximum absolute atomic E-state index is 12.8. The van der Waals surface area contributed by atoms with Gasteiger partial charge < -0.3 is 24.2 Å². The molecular formula is C22H27N5O3. The molecule has 0 unspecified atom stereocenters. The second-order valence-corrected chi connectivity index (χ2v) is 7.99. The second-order valence-electron chi connectivity index (χ2n) is 7.99. The lowest BCUT2D eigenvalue weighted by molar-refractivity contribution is -0.130. The third-order valence-corrected chi connectivity index (χ3v) is 6.02. The average Bonchev–Trinajstić information content (AvgIpc) is 3.28. The number of piperidine rings is 1. The van der Waals surface area contributed by atoms with Crippen LogP contribution in [0.2, 0.25) is 0 Å². The lowest BCUT2D eigenvalue weighted by Crippen LogP contribution is -2.49. The largest absolute Gasteiger partial charge is 0.454 e. The zero-order valence-corrected chi connectivity index (χ0v) is 17.1. The monoisotopic (exact) mass is 409 g/mol. The van der Waals surface area contributed by atoms with Gasteiger partial charge in [-0.3, -0.25) is 4.79 Å². The predicted molar refractivity (Wildman–Crippen MR) is 113 cm³/mol. The van der Waals surface area contributed by atoms with E-state index in [-0.39, 0.29) is 12.7 Å². The Kier molecular flexibility index (Phi) is 5.29. The van der Waals surface area contributed by atoms with Crippen LogP contribution >= 0.6 is 0 Å². The first-order valence-corrected chi connectivity index (χ1v) is 10.8. The van der Waals surface area contributed by atoms with Crippen molar-refractivity contribution in [2.75, 3.05) is 55.9 Å². The lowest BCUT2D eigenvalue weighted by Gasteiger charge is -2.36. The third-order valence-electron chi connectivity index (χ3n) is 6.02. The highest BCUT2D eigenvalue weighted by atomic mass is 16.7. The molecular weight excluding hydrogens is 382 g/mol. The van der Waals surface area contributed by atoms with Crippen LogP contribution in [0.3, 0.4) is 0 Å². The number of fused-ring (bicyclic) bond motifs is 1. The summed E-state index contributed by atoms with van der Waals surface area (Å²) in [5.41, 5.74) is 0.952. The molecule has 0 atom stereocenters. The Hall–Kier alpha value is -3.03. The minimum Gasteiger partial charge on any atom is -0.454 e. The number of piperazine rings is 1. The molecule has 0 saturated carbocycles. The Morgan fingerprint density at radius 1 is 0.900 bits per heavy atom. The van der Waals surface area contributed by atoms with Gasteiger partial charge >= 0.3 is 0 Å². The van der Waals surface area contributed by atoms with E-state index in [0.717, 1.165) is 55.0 Å². The summed E-state index contributed by atoms with van der Waals surface area (Å²) in [6.45, 7) is 5.28. The molecule has 8 nitrogen and oxygen atoms in total. The van der Waals surface area contributed by atoms with Gasteiger partial charge in [-0.1, -0.05) is 6.07 Å². The van der Waals surface area contributed by atoms with Gasteiger partial charge in [-0.2, -0.15) is 4.98 Å². The van der Waals surface area contributed by atoms with Gasteiger partial charge in [0, 0.05) is 45.5 Å². The fraction of sp³-hybridized carbons (Fsp3) is 0.500. The number of amides is 1. The number of rotatable bonds is 4. The molecule has 4 heterocycles. The summed E-state index contributed by atoms with van der Waals surface area (Å²) in [6, 6.07) is 7.68. The molecule has 158 valence electrons. The van der Waals surface area contributed by atoms with Gasteiger partial charge in [-0.05, 0) is 43.0 Å². The van der Waals surface area contributed by atoms with Crippen LogP contribution in [0.15, 0.2) is 30.5 Å². The quantitative estimate of drug-likeness (QED) is 0.766. The highest BCUT2D eigenvalue weighted by molar-refractivity contribution is 5.79. The van der Waals surface area contributed by atoms with Gasteiger partial charge in [0.25, 0.3) is 0 Å². The molecule has 0 aliphatic carbocycles. The van der Waals surface area contributed by atoms with Crippen molar-refractivity contribution >= 4 is 17.7 Å². The summed E-state index contributed by atoms with van der Waals surface area (Å²) in [5.74, 6) is 3.39. The number of anilines is 2. The van der Waals surface area contributed by atoms with Crippen LogP contribution in [0, 0.1) is 0 Å². The number of aromatic nitrogens is 2. The van der Waals surface area contributed by atoms with Crippen molar-refractivity contribution in [2.45, 2.75) is 25.7 Å². The van der Waals surface area contributed by atoms with E-state index < -0.39 is 0 Å². The molecule has 1 amide bonds. The predicted octanol–water partition coefficient (Wildman–Crippen LogP) is 2.09. The van der Waals surface area contributed by atoms with Crippen molar-refractivity contribution < 1.29 is 14.3 Å². The molecule has 0 spiro atoms. The average molecular weight is 409 g/mol. The van der Waals surface area contributed by atoms with Crippen molar-refractivity contribution in [1.82, 2.24) is 14.9 Å². The van der Waals surface area contributed by atoms with Gasteiger partial charge in [-0.25, -0.2) is 4.98 Å². The number of hydrogen-bond acceptors (Lipinski definition) is 7. The molecule has 1 aromatic heterocycles. The minimum atomic E-state index is 0.144. The molecule has 3 aliphatic rings. The van der Waals surface area contributed by atoms with Crippen LogP contribution in [0.25, 0.3) is 0 Å². The van der Waals surface area contributed by atoms with E-state index in [4.69, 9.17) is 14.5 Å². The van der Waals surface area contributed by atoms with E-state index in [1.54, 1.807) is 0 Å². The molecule has 2 fully saturated rings. The Labute approximate surface area is 176 Å². The highest BCUT2D eigenvalue weighted by Gasteiger charge is 2.24. The number of carbonyl (C=O) groups excluding carboxylic acids is 1. The molecule has 0 bridgehead atoms. The summed E-state index contributed by atoms with van der Waals surface area (Å²) >= 11 is 0. The Bertz CT molecular complexity index is 907. The van der Waals surface area contributed by atoms with E-state index in [1.165, 1.54) is 19.3 Å². The number of benzene rings is 1. The molecule has 3 aliphatic heterocycles. The highest BCUT2D eigenvalue weighted by Crippen LogP contribution is 2.32. The van der Waals surface area contributed by atoms with Crippen LogP contribution in [0.4, 0.5) is 11.8 Å². The Morgan fingerprint density at radius 3 is 2.53 bits per heavy atom. The molecule has 1 aromatic carbocycles. The smallest absolute Gasteiger partial charge is 0.231 e. The van der Waals surface area contributed by atoms with Crippen molar-refractivity contribution in [3.8, 4) is 11.5 Å². The minimum absolute atomic E-state index is 0.144. The number of ether oxygens (including phenoxy) is 2. The molecule has 0 radical (unpaired) electrons. The van der Waals surface area contributed by atoms with Crippen LogP contribution < -0.4 is 19.3 Å². The topological polar surface area (TPSA) is 71.0 Å². The van der Waals surface area contributed by atoms with E-state index in [0.29, 0.717) is 19.5 Å². The van der Waals surface area contributed by atoms with Gasteiger partial charge in [0.05, 0.1) is 6.42 Å². The fourth-order valence-corrected chi connectivity index (χ4v) is 4.28. The summed E-state index contributed by atoms with van der Waals surface area (Å²) < 4.78 is 10.8. The lowest BCUT2D eigenvalue weighted by atomic mass is 10.1. The first-order valence-electron chi connectivity index (χ1n) is 10.8. The third kappa shape index (κ3) is 3.99. The molecule has 5 rings (SSSR count). The van der Waals surface area contributed by atoms with Crippen LogP contribution in [0.1, 0.15) is 24.8 Å². The summed E-state index contributed by atoms with van der Waals surface area (Å²) in [5, 5.41) is 0. The van der Waals surface area contributed by atoms with E-state index in [2.05, 4.69) is 14.8 Å². The number of hydrogen-bond donors (Lipinski definition) is 0. The standard InChI is InChI=1S/C22H27N5O3/c28-21(15-17-4-5-18-19(14-17)30-16-29-18)26-12-10-25(11-13-26)20-6-7-23-22(24-20)27-8-2-1-3-9-27/h4-7,14H,1-3,8-13,15-16H2. The maximum Gasteiger partial charge on any atom is 0.231 e. The molecule has 8 heteroatoms. The van der Waals surface area contributed by atoms with Crippen molar-refractivity contribution in [2.24, 2.45) is 0 Å². The zero-order chi connectivity index (χ0) is 20.3. The number of nitrogens with zero attached hydrogens (tertiary/aromatic N) is 5. The molecule has 30 heavy (non-hydrogen) atoms. The van der Waals surface area contributed by atoms with Gasteiger partial charge in [-0.15, -0.1) is 0 Å². The Morgan fingerprint density at radius 2 is 1.70 bits per heavy atom.